The lowest BCUT2D eigenvalue weighted by Gasteiger charge is -2.18. The van der Waals surface area contributed by atoms with Gasteiger partial charge in [-0.05, 0) is 25.2 Å². The van der Waals surface area contributed by atoms with Gasteiger partial charge in [0.1, 0.15) is 13.2 Å². The highest BCUT2D eigenvalue weighted by Gasteiger charge is 2.19. The first-order valence-corrected chi connectivity index (χ1v) is 19.9. The topological polar surface area (TPSA) is 78.9 Å². The highest BCUT2D eigenvalue weighted by Crippen LogP contribution is 2.16. The third-order valence-corrected chi connectivity index (χ3v) is 9.15. The average molecular weight is 653 g/mol. The van der Waals surface area contributed by atoms with Gasteiger partial charge in [0.25, 0.3) is 0 Å². The van der Waals surface area contributed by atoms with Crippen LogP contribution in [-0.4, -0.2) is 37.2 Å². The van der Waals surface area contributed by atoms with Gasteiger partial charge in [-0.15, -0.1) is 0 Å². The van der Waals surface area contributed by atoms with Gasteiger partial charge in [0.15, 0.2) is 6.10 Å². The van der Waals surface area contributed by atoms with Gasteiger partial charge in [-0.1, -0.05) is 175 Å². The van der Waals surface area contributed by atoms with Gasteiger partial charge in [0.05, 0.1) is 0 Å². The minimum atomic E-state index is -0.756. The number of esters is 3. The zero-order valence-corrected chi connectivity index (χ0v) is 31.0. The van der Waals surface area contributed by atoms with E-state index in [0.717, 1.165) is 70.1 Å². The third kappa shape index (κ3) is 32.4. The van der Waals surface area contributed by atoms with Crippen LogP contribution in [-0.2, 0) is 28.6 Å². The average Bonchev–Trinajstić information content (AvgIpc) is 3.05. The normalized spacial score (nSPS) is 12.5. The second kappa shape index (κ2) is 34.7. The van der Waals surface area contributed by atoms with Crippen LogP contribution in [0, 0.1) is 5.92 Å². The molecule has 0 amide bonds. The van der Waals surface area contributed by atoms with E-state index >= 15 is 0 Å². The minimum Gasteiger partial charge on any atom is -0.462 e. The van der Waals surface area contributed by atoms with Crippen molar-refractivity contribution in [1.82, 2.24) is 0 Å². The molecule has 6 nitrogen and oxygen atoms in total. The lowest BCUT2D eigenvalue weighted by atomic mass is 9.99. The van der Waals surface area contributed by atoms with E-state index < -0.39 is 6.10 Å². The number of carbonyl (C=O) groups is 3. The summed E-state index contributed by atoms with van der Waals surface area (Å²) in [5.74, 6) is -0.0302. The lowest BCUT2D eigenvalue weighted by Crippen LogP contribution is -2.30. The number of hydrogen-bond donors (Lipinski definition) is 0. The second-order valence-electron chi connectivity index (χ2n) is 13.8. The molecule has 0 spiro atoms. The van der Waals surface area contributed by atoms with Crippen molar-refractivity contribution in [2.75, 3.05) is 13.2 Å². The molecule has 6 heteroatoms. The molecule has 46 heavy (non-hydrogen) atoms. The quantitative estimate of drug-likeness (QED) is 0.0385. The molecule has 0 aromatic rings. The zero-order valence-electron chi connectivity index (χ0n) is 31.0. The van der Waals surface area contributed by atoms with Crippen LogP contribution in [0.25, 0.3) is 0 Å². The van der Waals surface area contributed by atoms with Crippen LogP contribution in [0.3, 0.4) is 0 Å². The molecule has 0 aliphatic rings. The van der Waals surface area contributed by atoms with Gasteiger partial charge in [0, 0.05) is 19.3 Å². The molecule has 0 saturated heterocycles. The summed E-state index contributed by atoms with van der Waals surface area (Å²) in [4.78, 5) is 37.2. The van der Waals surface area contributed by atoms with Crippen LogP contribution in [0.15, 0.2) is 0 Å². The van der Waals surface area contributed by atoms with Gasteiger partial charge in [0.2, 0.25) is 0 Å². The van der Waals surface area contributed by atoms with Crippen molar-refractivity contribution in [3.8, 4) is 0 Å². The third-order valence-electron chi connectivity index (χ3n) is 9.15. The Labute approximate surface area is 285 Å². The number of unbranched alkanes of at least 4 members (excludes halogenated alkanes) is 21. The van der Waals surface area contributed by atoms with Crippen molar-refractivity contribution in [2.24, 2.45) is 5.92 Å². The molecule has 0 rings (SSSR count). The first-order valence-electron chi connectivity index (χ1n) is 19.9. The summed E-state index contributed by atoms with van der Waals surface area (Å²) in [7, 11) is 0. The van der Waals surface area contributed by atoms with Crippen LogP contribution < -0.4 is 0 Å². The van der Waals surface area contributed by atoms with Gasteiger partial charge >= 0.3 is 17.9 Å². The van der Waals surface area contributed by atoms with Crippen molar-refractivity contribution in [3.05, 3.63) is 0 Å². The van der Waals surface area contributed by atoms with Crippen molar-refractivity contribution in [2.45, 2.75) is 220 Å². The highest BCUT2D eigenvalue weighted by atomic mass is 16.6. The fourth-order valence-electron chi connectivity index (χ4n) is 5.71. The van der Waals surface area contributed by atoms with Gasteiger partial charge in [-0.25, -0.2) is 0 Å². The maximum Gasteiger partial charge on any atom is 0.306 e. The largest absolute Gasteiger partial charge is 0.462 e. The van der Waals surface area contributed by atoms with Crippen LogP contribution in [0.1, 0.15) is 214 Å². The second-order valence-corrected chi connectivity index (χ2v) is 13.8. The minimum absolute atomic E-state index is 0.0662. The van der Waals surface area contributed by atoms with E-state index in [1.54, 1.807) is 0 Å². The Bertz CT molecular complexity index is 693. The number of rotatable bonds is 35. The van der Waals surface area contributed by atoms with Crippen LogP contribution in [0.2, 0.25) is 0 Å². The predicted octanol–water partition coefficient (Wildman–Crippen LogP) is 12.0. The first-order chi connectivity index (χ1) is 22.4. The molecule has 0 radical (unpaired) electrons. The summed E-state index contributed by atoms with van der Waals surface area (Å²) >= 11 is 0. The molecular weight excluding hydrogens is 576 g/mol. The van der Waals surface area contributed by atoms with Crippen molar-refractivity contribution < 1.29 is 28.6 Å². The zero-order chi connectivity index (χ0) is 33.9. The molecule has 0 saturated carbocycles. The fraction of sp³-hybridized carbons (Fsp3) is 0.925. The summed E-state index contributed by atoms with van der Waals surface area (Å²) in [5.41, 5.74) is 0. The molecule has 0 aliphatic heterocycles. The fourth-order valence-corrected chi connectivity index (χ4v) is 5.71. The molecule has 0 aromatic heterocycles. The lowest BCUT2D eigenvalue weighted by molar-refractivity contribution is -0.167. The van der Waals surface area contributed by atoms with E-state index in [-0.39, 0.29) is 31.1 Å². The van der Waals surface area contributed by atoms with Gasteiger partial charge in [-0.3, -0.25) is 14.4 Å². The molecular formula is C40H76O6. The van der Waals surface area contributed by atoms with E-state index in [1.807, 2.05) is 0 Å². The van der Waals surface area contributed by atoms with Gasteiger partial charge < -0.3 is 14.2 Å². The Morgan fingerprint density at radius 2 is 0.761 bits per heavy atom. The van der Waals surface area contributed by atoms with Crippen molar-refractivity contribution in [3.63, 3.8) is 0 Å². The van der Waals surface area contributed by atoms with Gasteiger partial charge in [-0.2, -0.15) is 0 Å². The molecule has 0 N–H and O–H groups in total. The number of carbonyl (C=O) groups excluding carboxylic acids is 3. The summed E-state index contributed by atoms with van der Waals surface area (Å²) in [6.45, 7) is 8.88. The Kier molecular flexibility index (Phi) is 33.5. The van der Waals surface area contributed by atoms with E-state index in [9.17, 15) is 14.4 Å². The van der Waals surface area contributed by atoms with E-state index in [0.29, 0.717) is 19.3 Å². The first kappa shape index (κ1) is 44.4. The SMILES string of the molecule is CCCCCCCCCCCCCC(=O)O[C@H](COC(=O)CCCCCCC)COC(=O)CCCCCCCCCCC(C)CC. The van der Waals surface area contributed by atoms with Crippen LogP contribution >= 0.6 is 0 Å². The molecule has 0 aliphatic carbocycles. The Morgan fingerprint density at radius 3 is 1.13 bits per heavy atom. The van der Waals surface area contributed by atoms with Crippen LogP contribution in [0.5, 0.6) is 0 Å². The monoisotopic (exact) mass is 653 g/mol. The molecule has 0 heterocycles. The molecule has 2 atom stereocenters. The molecule has 1 unspecified atom stereocenters. The van der Waals surface area contributed by atoms with Crippen LogP contribution in [0.4, 0.5) is 0 Å². The maximum atomic E-state index is 12.6. The molecule has 0 fully saturated rings. The smallest absolute Gasteiger partial charge is 0.306 e. The van der Waals surface area contributed by atoms with E-state index in [1.165, 1.54) is 103 Å². The van der Waals surface area contributed by atoms with Crippen molar-refractivity contribution in [1.29, 1.82) is 0 Å². The molecule has 0 bridgehead atoms. The molecule has 272 valence electrons. The van der Waals surface area contributed by atoms with E-state index in [4.69, 9.17) is 14.2 Å². The number of ether oxygens (including phenoxy) is 3. The summed E-state index contributed by atoms with van der Waals surface area (Å²) < 4.78 is 16.5. The number of hydrogen-bond acceptors (Lipinski definition) is 6. The highest BCUT2D eigenvalue weighted by molar-refractivity contribution is 5.71. The van der Waals surface area contributed by atoms with Crippen molar-refractivity contribution >= 4 is 17.9 Å². The summed E-state index contributed by atoms with van der Waals surface area (Å²) in [5, 5.41) is 0. The Hall–Kier alpha value is -1.59. The summed E-state index contributed by atoms with van der Waals surface area (Å²) in [6, 6.07) is 0. The molecule has 0 aromatic carbocycles. The summed E-state index contributed by atoms with van der Waals surface area (Å²) in [6.07, 6.45) is 31.1. The Morgan fingerprint density at radius 1 is 0.435 bits per heavy atom. The predicted molar refractivity (Wildman–Crippen MR) is 192 cm³/mol. The maximum absolute atomic E-state index is 12.6. The van der Waals surface area contributed by atoms with E-state index in [2.05, 4.69) is 27.7 Å². The Balaban J connectivity index is 4.27. The standard InChI is InChI=1S/C40H76O6/c1-5-8-10-12-13-14-15-16-21-25-29-33-40(43)46-37(34-44-38(41)31-27-22-11-9-6-2)35-45-39(42)32-28-24-20-18-17-19-23-26-30-36(4)7-3/h36-37H,5-35H2,1-4H3/t36?,37-/m1/s1.